The summed E-state index contributed by atoms with van der Waals surface area (Å²) in [6.07, 6.45) is 2.13. The Morgan fingerprint density at radius 3 is 2.65 bits per heavy atom. The van der Waals surface area contributed by atoms with Crippen molar-refractivity contribution in [3.8, 4) is 0 Å². The predicted octanol–water partition coefficient (Wildman–Crippen LogP) is 3.17. The Bertz CT molecular complexity index is 630. The summed E-state index contributed by atoms with van der Waals surface area (Å²) < 4.78 is 24.9. The second-order valence-electron chi connectivity index (χ2n) is 11.0. The molecule has 2 fully saturated rings. The van der Waals surface area contributed by atoms with Crippen LogP contribution in [0.3, 0.4) is 0 Å². The third-order valence-electron chi connectivity index (χ3n) is 7.51. The van der Waals surface area contributed by atoms with E-state index in [0.717, 1.165) is 25.8 Å². The van der Waals surface area contributed by atoms with Crippen molar-refractivity contribution >= 4 is 5.97 Å². The monoisotopic (exact) mass is 487 g/mol. The molecule has 2 bridgehead atoms. The van der Waals surface area contributed by atoms with Gasteiger partial charge in [0.05, 0.1) is 36.1 Å². The molecule has 0 saturated carbocycles. The molecule has 8 nitrogen and oxygen atoms in total. The minimum Gasteiger partial charge on any atom is -0.459 e. The lowest BCUT2D eigenvalue weighted by Crippen LogP contribution is -2.49. The summed E-state index contributed by atoms with van der Waals surface area (Å²) in [5.41, 5.74) is -1.72. The van der Waals surface area contributed by atoms with Crippen molar-refractivity contribution in [2.45, 2.75) is 128 Å². The first-order valence-corrected chi connectivity index (χ1v) is 13.1. The average Bonchev–Trinajstić information content (AvgIpc) is 3.05. The van der Waals surface area contributed by atoms with E-state index in [0.29, 0.717) is 19.3 Å². The van der Waals surface area contributed by atoms with Crippen molar-refractivity contribution in [1.29, 1.82) is 0 Å². The van der Waals surface area contributed by atoms with Gasteiger partial charge in [0.2, 0.25) is 0 Å². The van der Waals surface area contributed by atoms with Crippen LogP contribution >= 0.6 is 0 Å². The minimum atomic E-state index is -1.11. The van der Waals surface area contributed by atoms with E-state index in [2.05, 4.69) is 19.2 Å². The van der Waals surface area contributed by atoms with Crippen molar-refractivity contribution in [1.82, 2.24) is 5.32 Å². The Balaban J connectivity index is 2.26. The number of hydrogen-bond donors (Lipinski definition) is 3. The fraction of sp³-hybridized carbons (Fsp3) is 0.962. The minimum absolute atomic E-state index is 0.0264. The van der Waals surface area contributed by atoms with Gasteiger partial charge >= 0.3 is 5.97 Å². The molecule has 8 heteroatoms. The SMILES string of the molecule is CCCC(C)(O)[C@H]1CC2O[C@](C)(CC2C)[C@@H](O[C@@H](CO)OC(C)CCNC)[C@@H](C)CCC(=O)O1. The second-order valence-corrected chi connectivity index (χ2v) is 11.0. The van der Waals surface area contributed by atoms with Crippen LogP contribution in [0, 0.1) is 11.8 Å². The Morgan fingerprint density at radius 2 is 2.03 bits per heavy atom. The number of aliphatic hydroxyl groups is 2. The van der Waals surface area contributed by atoms with Gasteiger partial charge in [-0.15, -0.1) is 0 Å². The van der Waals surface area contributed by atoms with E-state index >= 15 is 0 Å². The van der Waals surface area contributed by atoms with E-state index in [-0.39, 0.29) is 49.1 Å². The number of hydrogen-bond acceptors (Lipinski definition) is 8. The molecule has 4 unspecified atom stereocenters. The zero-order valence-electron chi connectivity index (χ0n) is 22.3. The molecular weight excluding hydrogens is 438 g/mol. The molecule has 0 amide bonds. The molecule has 2 heterocycles. The third kappa shape index (κ3) is 7.87. The number of rotatable bonds is 11. The molecule has 200 valence electrons. The number of nitrogens with one attached hydrogen (secondary N) is 1. The lowest BCUT2D eigenvalue weighted by molar-refractivity contribution is -0.254. The van der Waals surface area contributed by atoms with Crippen molar-refractivity contribution in [2.24, 2.45) is 11.8 Å². The highest BCUT2D eigenvalue weighted by atomic mass is 16.7. The Labute approximate surface area is 206 Å². The van der Waals surface area contributed by atoms with Crippen molar-refractivity contribution in [3.63, 3.8) is 0 Å². The summed E-state index contributed by atoms with van der Waals surface area (Å²) in [6.45, 7) is 12.5. The number of cyclic esters (lactones) is 1. The average molecular weight is 488 g/mol. The molecule has 2 aliphatic heterocycles. The summed E-state index contributed by atoms with van der Waals surface area (Å²) >= 11 is 0. The zero-order chi connectivity index (χ0) is 25.5. The van der Waals surface area contributed by atoms with E-state index < -0.39 is 23.6 Å². The van der Waals surface area contributed by atoms with E-state index in [4.69, 9.17) is 18.9 Å². The van der Waals surface area contributed by atoms with Crippen molar-refractivity contribution in [3.05, 3.63) is 0 Å². The fourth-order valence-electron chi connectivity index (χ4n) is 5.60. The topological polar surface area (TPSA) is 106 Å². The highest BCUT2D eigenvalue weighted by Crippen LogP contribution is 2.44. The lowest BCUT2D eigenvalue weighted by Gasteiger charge is -2.40. The van der Waals surface area contributed by atoms with Crippen LogP contribution in [-0.4, -0.2) is 78.3 Å². The summed E-state index contributed by atoms with van der Waals surface area (Å²) in [5, 5.41) is 24.2. The first-order valence-electron chi connectivity index (χ1n) is 13.1. The number of carbonyl (C=O) groups excluding carboxylic acids is 1. The molecule has 9 atom stereocenters. The summed E-state index contributed by atoms with van der Waals surface area (Å²) in [5.74, 6) is -0.135. The number of fused-ring (bicyclic) bond motifs is 2. The van der Waals surface area contributed by atoms with Gasteiger partial charge in [0.15, 0.2) is 6.29 Å². The Kier molecular flexibility index (Phi) is 11.2. The van der Waals surface area contributed by atoms with Crippen LogP contribution in [0.5, 0.6) is 0 Å². The van der Waals surface area contributed by atoms with Crippen LogP contribution in [0.25, 0.3) is 0 Å². The molecule has 0 spiro atoms. The highest BCUT2D eigenvalue weighted by Gasteiger charge is 2.51. The Hall–Kier alpha value is -0.770. The molecule has 3 N–H and O–H groups in total. The van der Waals surface area contributed by atoms with Gasteiger partial charge in [0, 0.05) is 12.8 Å². The summed E-state index contributed by atoms with van der Waals surface area (Å²) in [6, 6.07) is 0. The molecule has 0 aliphatic carbocycles. The van der Waals surface area contributed by atoms with E-state index in [1.165, 1.54) is 0 Å². The largest absolute Gasteiger partial charge is 0.459 e. The normalized spacial score (nSPS) is 36.3. The van der Waals surface area contributed by atoms with Crippen LogP contribution in [0.4, 0.5) is 0 Å². The van der Waals surface area contributed by atoms with Gasteiger partial charge < -0.3 is 34.5 Å². The molecule has 0 aromatic carbocycles. The number of esters is 1. The number of aliphatic hydroxyl groups excluding tert-OH is 1. The molecule has 0 aromatic heterocycles. The van der Waals surface area contributed by atoms with Crippen molar-refractivity contribution in [2.75, 3.05) is 20.2 Å². The molecule has 2 aliphatic rings. The molecule has 0 radical (unpaired) electrons. The summed E-state index contributed by atoms with van der Waals surface area (Å²) in [7, 11) is 1.89. The van der Waals surface area contributed by atoms with E-state index in [1.54, 1.807) is 6.92 Å². The van der Waals surface area contributed by atoms with Gasteiger partial charge in [-0.1, -0.05) is 27.2 Å². The molecule has 2 saturated heterocycles. The maximum absolute atomic E-state index is 12.7. The smallest absolute Gasteiger partial charge is 0.306 e. The van der Waals surface area contributed by atoms with E-state index in [9.17, 15) is 15.0 Å². The van der Waals surface area contributed by atoms with Gasteiger partial charge in [-0.05, 0) is 71.9 Å². The standard InChI is InChI=1S/C26H49NO7/c1-8-12-25(5,30)21-14-20-18(3)15-26(6,34-20)24(17(2)9-10-22(29)32-21)33-23(16-28)31-19(4)11-13-27-7/h17-21,23-24,27-28,30H,8-16H2,1-7H3/t17-,18?,19?,20?,21+,23-,24-,25?,26+/m0/s1. The van der Waals surface area contributed by atoms with Gasteiger partial charge in [0.1, 0.15) is 6.10 Å². The van der Waals surface area contributed by atoms with Crippen molar-refractivity contribution < 1.29 is 34.0 Å². The molecule has 34 heavy (non-hydrogen) atoms. The van der Waals surface area contributed by atoms with Gasteiger partial charge in [-0.25, -0.2) is 0 Å². The van der Waals surface area contributed by atoms with E-state index in [1.807, 2.05) is 27.8 Å². The van der Waals surface area contributed by atoms with Crippen LogP contribution in [-0.2, 0) is 23.7 Å². The van der Waals surface area contributed by atoms with Gasteiger partial charge in [-0.2, -0.15) is 0 Å². The third-order valence-corrected chi connectivity index (χ3v) is 7.51. The maximum atomic E-state index is 12.7. The molecule has 2 rings (SSSR count). The van der Waals surface area contributed by atoms with Crippen LogP contribution in [0.1, 0.15) is 86.5 Å². The zero-order valence-corrected chi connectivity index (χ0v) is 22.3. The number of ether oxygens (including phenoxy) is 4. The first kappa shape index (κ1) is 29.5. The second kappa shape index (κ2) is 13.0. The van der Waals surface area contributed by atoms with Gasteiger partial charge in [0.25, 0.3) is 0 Å². The Morgan fingerprint density at radius 1 is 1.32 bits per heavy atom. The van der Waals surface area contributed by atoms with Gasteiger partial charge in [-0.3, -0.25) is 4.79 Å². The molecular formula is C26H49NO7. The quantitative estimate of drug-likeness (QED) is 0.301. The number of carbonyl (C=O) groups is 1. The molecule has 0 aromatic rings. The highest BCUT2D eigenvalue weighted by molar-refractivity contribution is 5.69. The first-order chi connectivity index (χ1) is 16.0. The summed E-state index contributed by atoms with van der Waals surface area (Å²) in [4.78, 5) is 12.7. The van der Waals surface area contributed by atoms with Crippen LogP contribution in [0.2, 0.25) is 0 Å². The van der Waals surface area contributed by atoms with Crippen LogP contribution in [0.15, 0.2) is 0 Å². The van der Waals surface area contributed by atoms with Crippen LogP contribution < -0.4 is 5.32 Å². The lowest BCUT2D eigenvalue weighted by atomic mass is 9.81. The fourth-order valence-corrected chi connectivity index (χ4v) is 5.60. The predicted molar refractivity (Wildman–Crippen MR) is 130 cm³/mol. The maximum Gasteiger partial charge on any atom is 0.306 e.